The van der Waals surface area contributed by atoms with Crippen LogP contribution in [0, 0.1) is 12.8 Å². The molecule has 1 aromatic rings. The number of aliphatic carboxylic acids is 1. The van der Waals surface area contributed by atoms with Crippen molar-refractivity contribution in [1.29, 1.82) is 0 Å². The molecule has 0 saturated heterocycles. The zero-order valence-corrected chi connectivity index (χ0v) is 8.32. The fourth-order valence-corrected chi connectivity index (χ4v) is 1.22. The van der Waals surface area contributed by atoms with Crippen molar-refractivity contribution in [3.05, 3.63) is 29.3 Å². The monoisotopic (exact) mass is 194 g/mol. The SMILES string of the molecule is Cc1ccc(CC(C)C(=O)O)cc1O. The van der Waals surface area contributed by atoms with Gasteiger partial charge in [0.1, 0.15) is 5.75 Å². The van der Waals surface area contributed by atoms with Crippen LogP contribution in [0.15, 0.2) is 18.2 Å². The molecule has 3 heteroatoms. The lowest BCUT2D eigenvalue weighted by molar-refractivity contribution is -0.141. The van der Waals surface area contributed by atoms with Gasteiger partial charge in [-0.15, -0.1) is 0 Å². The minimum absolute atomic E-state index is 0.222. The van der Waals surface area contributed by atoms with Crippen molar-refractivity contribution in [2.75, 3.05) is 0 Å². The predicted octanol–water partition coefficient (Wildman–Crippen LogP) is 1.96. The fourth-order valence-electron chi connectivity index (χ4n) is 1.22. The highest BCUT2D eigenvalue weighted by molar-refractivity contribution is 5.69. The number of phenolic OH excluding ortho intramolecular Hbond substituents is 1. The third-order valence-electron chi connectivity index (χ3n) is 2.24. The molecule has 0 bridgehead atoms. The molecule has 76 valence electrons. The van der Waals surface area contributed by atoms with Gasteiger partial charge >= 0.3 is 5.97 Å². The van der Waals surface area contributed by atoms with E-state index in [2.05, 4.69) is 0 Å². The van der Waals surface area contributed by atoms with Crippen molar-refractivity contribution in [3.63, 3.8) is 0 Å². The minimum atomic E-state index is -0.815. The first-order valence-electron chi connectivity index (χ1n) is 4.52. The van der Waals surface area contributed by atoms with Crippen molar-refractivity contribution in [1.82, 2.24) is 0 Å². The summed E-state index contributed by atoms with van der Waals surface area (Å²) in [5, 5.41) is 18.1. The van der Waals surface area contributed by atoms with Gasteiger partial charge in [0.25, 0.3) is 0 Å². The molecule has 0 saturated carbocycles. The molecule has 0 aromatic heterocycles. The highest BCUT2D eigenvalue weighted by atomic mass is 16.4. The second-order valence-electron chi connectivity index (χ2n) is 3.56. The molecule has 0 amide bonds. The number of rotatable bonds is 3. The number of carbonyl (C=O) groups is 1. The quantitative estimate of drug-likeness (QED) is 0.773. The number of hydrogen-bond donors (Lipinski definition) is 2. The molecule has 2 N–H and O–H groups in total. The number of aryl methyl sites for hydroxylation is 1. The summed E-state index contributed by atoms with van der Waals surface area (Å²) in [5.74, 6) is -1.01. The molecule has 1 unspecified atom stereocenters. The Hall–Kier alpha value is -1.51. The number of carboxylic acid groups (broad SMARTS) is 1. The van der Waals surface area contributed by atoms with Crippen LogP contribution in [0.2, 0.25) is 0 Å². The topological polar surface area (TPSA) is 57.5 Å². The summed E-state index contributed by atoms with van der Waals surface area (Å²) < 4.78 is 0. The van der Waals surface area contributed by atoms with Gasteiger partial charge in [0.05, 0.1) is 5.92 Å². The van der Waals surface area contributed by atoms with Gasteiger partial charge in [-0.2, -0.15) is 0 Å². The van der Waals surface area contributed by atoms with E-state index in [0.717, 1.165) is 11.1 Å². The molecule has 0 fully saturated rings. The van der Waals surface area contributed by atoms with Gasteiger partial charge in [0.15, 0.2) is 0 Å². The van der Waals surface area contributed by atoms with Gasteiger partial charge in [-0.05, 0) is 30.5 Å². The largest absolute Gasteiger partial charge is 0.508 e. The second kappa shape index (κ2) is 4.13. The summed E-state index contributed by atoms with van der Waals surface area (Å²) in [5.41, 5.74) is 1.65. The average Bonchev–Trinajstić information content (AvgIpc) is 2.11. The van der Waals surface area contributed by atoms with Crippen LogP contribution < -0.4 is 0 Å². The summed E-state index contributed by atoms with van der Waals surface area (Å²) in [7, 11) is 0. The Kier molecular flexibility index (Phi) is 3.12. The predicted molar refractivity (Wildman–Crippen MR) is 53.3 cm³/mol. The van der Waals surface area contributed by atoms with Crippen LogP contribution in [-0.4, -0.2) is 16.2 Å². The first kappa shape index (κ1) is 10.6. The minimum Gasteiger partial charge on any atom is -0.508 e. The molecule has 0 aliphatic rings. The van der Waals surface area contributed by atoms with Crippen LogP contribution in [-0.2, 0) is 11.2 Å². The molecule has 3 nitrogen and oxygen atoms in total. The van der Waals surface area contributed by atoms with E-state index in [4.69, 9.17) is 5.11 Å². The van der Waals surface area contributed by atoms with Crippen LogP contribution in [0.1, 0.15) is 18.1 Å². The van der Waals surface area contributed by atoms with Gasteiger partial charge in [-0.25, -0.2) is 0 Å². The van der Waals surface area contributed by atoms with Gasteiger partial charge < -0.3 is 10.2 Å². The van der Waals surface area contributed by atoms with Crippen LogP contribution >= 0.6 is 0 Å². The summed E-state index contributed by atoms with van der Waals surface area (Å²) in [6.07, 6.45) is 0.448. The van der Waals surface area contributed by atoms with Crippen LogP contribution in [0.25, 0.3) is 0 Å². The maximum atomic E-state index is 10.6. The van der Waals surface area contributed by atoms with E-state index in [1.54, 1.807) is 26.0 Å². The summed E-state index contributed by atoms with van der Waals surface area (Å²) in [6, 6.07) is 5.25. The van der Waals surface area contributed by atoms with Gasteiger partial charge in [0.2, 0.25) is 0 Å². The summed E-state index contributed by atoms with van der Waals surface area (Å²) in [4.78, 5) is 10.6. The number of phenols is 1. The summed E-state index contributed by atoms with van der Waals surface area (Å²) >= 11 is 0. The molecule has 0 aliphatic heterocycles. The molecule has 0 heterocycles. The van der Waals surface area contributed by atoms with Crippen LogP contribution in [0.5, 0.6) is 5.75 Å². The lowest BCUT2D eigenvalue weighted by Gasteiger charge is -2.07. The van der Waals surface area contributed by atoms with Crippen molar-refractivity contribution in [2.45, 2.75) is 20.3 Å². The Labute approximate surface area is 83.0 Å². The van der Waals surface area contributed by atoms with Gasteiger partial charge in [-0.1, -0.05) is 19.1 Å². The van der Waals surface area contributed by atoms with E-state index in [9.17, 15) is 9.90 Å². The van der Waals surface area contributed by atoms with E-state index in [1.807, 2.05) is 6.07 Å². The molecule has 0 spiro atoms. The average molecular weight is 194 g/mol. The van der Waals surface area contributed by atoms with Crippen molar-refractivity contribution in [2.24, 2.45) is 5.92 Å². The van der Waals surface area contributed by atoms with Gasteiger partial charge in [-0.3, -0.25) is 4.79 Å². The number of carboxylic acids is 1. The Balaban J connectivity index is 2.78. The zero-order valence-electron chi connectivity index (χ0n) is 8.32. The lowest BCUT2D eigenvalue weighted by atomic mass is 10.00. The van der Waals surface area contributed by atoms with Gasteiger partial charge in [0, 0.05) is 0 Å². The fraction of sp³-hybridized carbons (Fsp3) is 0.364. The molecule has 14 heavy (non-hydrogen) atoms. The molecule has 1 atom stereocenters. The summed E-state index contributed by atoms with van der Waals surface area (Å²) in [6.45, 7) is 3.46. The number of aromatic hydroxyl groups is 1. The molecule has 0 radical (unpaired) electrons. The maximum absolute atomic E-state index is 10.6. The maximum Gasteiger partial charge on any atom is 0.306 e. The third kappa shape index (κ3) is 2.49. The van der Waals surface area contributed by atoms with E-state index >= 15 is 0 Å². The third-order valence-corrected chi connectivity index (χ3v) is 2.24. The Morgan fingerprint density at radius 2 is 2.14 bits per heavy atom. The Morgan fingerprint density at radius 1 is 1.50 bits per heavy atom. The first-order valence-corrected chi connectivity index (χ1v) is 4.52. The van der Waals surface area contributed by atoms with E-state index < -0.39 is 11.9 Å². The van der Waals surface area contributed by atoms with E-state index in [1.165, 1.54) is 0 Å². The van der Waals surface area contributed by atoms with Crippen molar-refractivity contribution in [3.8, 4) is 5.75 Å². The number of hydrogen-bond acceptors (Lipinski definition) is 2. The molecular formula is C11H14O3. The highest BCUT2D eigenvalue weighted by Crippen LogP contribution is 2.19. The van der Waals surface area contributed by atoms with Crippen LogP contribution in [0.3, 0.4) is 0 Å². The normalized spacial score (nSPS) is 12.4. The van der Waals surface area contributed by atoms with Crippen molar-refractivity contribution >= 4 is 5.97 Å². The lowest BCUT2D eigenvalue weighted by Crippen LogP contribution is -2.12. The Morgan fingerprint density at radius 3 is 2.64 bits per heavy atom. The molecular weight excluding hydrogens is 180 g/mol. The first-order chi connectivity index (χ1) is 6.50. The smallest absolute Gasteiger partial charge is 0.306 e. The second-order valence-corrected chi connectivity index (χ2v) is 3.56. The van der Waals surface area contributed by atoms with E-state index in [0.29, 0.717) is 6.42 Å². The standard InChI is InChI=1S/C11H14O3/c1-7-3-4-9(6-10(7)12)5-8(2)11(13)14/h3-4,6,8,12H,5H2,1-2H3,(H,13,14). The molecule has 1 aromatic carbocycles. The molecule has 1 rings (SSSR count). The zero-order chi connectivity index (χ0) is 10.7. The van der Waals surface area contributed by atoms with Crippen LogP contribution in [0.4, 0.5) is 0 Å². The Bertz CT molecular complexity index is 344. The molecule has 0 aliphatic carbocycles. The van der Waals surface area contributed by atoms with E-state index in [-0.39, 0.29) is 5.75 Å². The highest BCUT2D eigenvalue weighted by Gasteiger charge is 2.11. The van der Waals surface area contributed by atoms with Crippen molar-refractivity contribution < 1.29 is 15.0 Å². The number of benzene rings is 1.